The Kier molecular flexibility index (Phi) is 17.2. The van der Waals surface area contributed by atoms with Gasteiger partial charge in [-0.3, -0.25) is 9.59 Å². The summed E-state index contributed by atoms with van der Waals surface area (Å²) in [7, 11) is 3.53. The van der Waals surface area contributed by atoms with Crippen molar-refractivity contribution < 1.29 is 29.3 Å². The number of amides is 2. The molecule has 2 amide bonds. The van der Waals surface area contributed by atoms with E-state index in [1.165, 1.54) is 32.7 Å². The Labute approximate surface area is 460 Å². The number of nitrogens with zero attached hydrogens (tertiary/aromatic N) is 6. The molecule has 0 saturated carbocycles. The molecule has 0 unspecified atom stereocenters. The molecule has 12 heteroatoms. The highest BCUT2D eigenvalue weighted by Crippen LogP contribution is 2.36. The minimum atomic E-state index is -0.586. The van der Waals surface area contributed by atoms with Crippen LogP contribution in [-0.2, 0) is 0 Å². The highest BCUT2D eigenvalue weighted by Gasteiger charge is 2.28. The van der Waals surface area contributed by atoms with Crippen molar-refractivity contribution in [2.45, 2.75) is 102 Å². The summed E-state index contributed by atoms with van der Waals surface area (Å²) in [6.07, 6.45) is 5.36. The average Bonchev–Trinajstić information content (AvgIpc) is 4.34. The number of hydrogen-bond donors (Lipinski definition) is 2. The summed E-state index contributed by atoms with van der Waals surface area (Å²) in [5, 5.41) is 28.7. The van der Waals surface area contributed by atoms with Crippen molar-refractivity contribution in [2.24, 2.45) is 0 Å². The van der Waals surface area contributed by atoms with E-state index in [1.807, 2.05) is 47.4 Å². The van der Waals surface area contributed by atoms with Crippen LogP contribution in [0.15, 0.2) is 133 Å². The Balaban J connectivity index is 0.000000177. The topological polar surface area (TPSA) is 116 Å². The summed E-state index contributed by atoms with van der Waals surface area (Å²) in [5.41, 5.74) is 6.17. The first-order valence-corrected chi connectivity index (χ1v) is 28.6. The molecular weight excluding hydrogens is 973 g/mol. The van der Waals surface area contributed by atoms with Gasteiger partial charge in [-0.15, -0.1) is 0 Å². The number of β-amino-alcohol motifs (C(OH)–C–C–N with tert-alkyl or cyclic N) is 2. The van der Waals surface area contributed by atoms with Crippen molar-refractivity contribution in [1.29, 1.82) is 0 Å². The second-order valence-electron chi connectivity index (χ2n) is 22.9. The van der Waals surface area contributed by atoms with E-state index in [4.69, 9.17) is 9.47 Å². The van der Waals surface area contributed by atoms with Crippen molar-refractivity contribution in [3.63, 3.8) is 0 Å². The summed E-state index contributed by atoms with van der Waals surface area (Å²) in [6, 6.07) is 46.8. The molecule has 11 rings (SSSR count). The molecule has 3 aliphatic rings. The van der Waals surface area contributed by atoms with E-state index >= 15 is 0 Å². The fourth-order valence-electron chi connectivity index (χ4n) is 12.3. The lowest BCUT2D eigenvalue weighted by Crippen LogP contribution is -2.40. The van der Waals surface area contributed by atoms with Crippen LogP contribution < -0.4 is 9.47 Å². The van der Waals surface area contributed by atoms with Crippen LogP contribution in [0, 0.1) is 0 Å². The van der Waals surface area contributed by atoms with Gasteiger partial charge in [0.25, 0.3) is 11.8 Å². The number of piperidine rings is 2. The molecule has 410 valence electrons. The maximum atomic E-state index is 13.3. The van der Waals surface area contributed by atoms with Crippen molar-refractivity contribution >= 4 is 55.2 Å². The first kappa shape index (κ1) is 54.6. The second-order valence-corrected chi connectivity index (χ2v) is 22.9. The maximum Gasteiger partial charge on any atom is 0.270 e. The van der Waals surface area contributed by atoms with Crippen LogP contribution in [0.5, 0.6) is 11.5 Å². The van der Waals surface area contributed by atoms with E-state index in [0.717, 1.165) is 111 Å². The number of carbonyl (C=O) groups is 2. The van der Waals surface area contributed by atoms with Gasteiger partial charge in [-0.2, -0.15) is 0 Å². The summed E-state index contributed by atoms with van der Waals surface area (Å²) in [5.74, 6) is 2.61. The van der Waals surface area contributed by atoms with Gasteiger partial charge in [-0.25, -0.2) is 0 Å². The van der Waals surface area contributed by atoms with Crippen LogP contribution in [0.4, 0.5) is 0 Å². The van der Waals surface area contributed by atoms with E-state index in [1.54, 1.807) is 19.0 Å². The number of ether oxygens (including phenoxy) is 2. The van der Waals surface area contributed by atoms with E-state index in [-0.39, 0.29) is 37.1 Å². The molecule has 2 aromatic heterocycles. The largest absolute Gasteiger partial charge is 0.490 e. The van der Waals surface area contributed by atoms with Crippen LogP contribution in [-0.4, -0.2) is 143 Å². The number of hydrogen-bond acceptors (Lipinski definition) is 8. The molecular formula is C66H80N6O6. The third-order valence-corrected chi connectivity index (χ3v) is 16.4. The van der Waals surface area contributed by atoms with Gasteiger partial charge in [-0.05, 0) is 173 Å². The first-order chi connectivity index (χ1) is 37.8. The predicted molar refractivity (Wildman–Crippen MR) is 316 cm³/mol. The summed E-state index contributed by atoms with van der Waals surface area (Å²) < 4.78 is 16.5. The SMILES string of the molecule is CC(C)n1c(C(=O)N(C)C)cc2c(OC[C@@H](O)CN3CCC(c4ccc5ccccc5c4)CC3)cccc21.CC(C)n1c(C(=O)N2CCCC2)cc2c(OC[C@@H](O)CN3CCC(c4ccc5ccccc5c4)CC3)cccc21. The van der Waals surface area contributed by atoms with Crippen molar-refractivity contribution in [3.8, 4) is 11.5 Å². The number of benzene rings is 6. The summed E-state index contributed by atoms with van der Waals surface area (Å²) in [6.45, 7) is 15.6. The molecule has 2 N–H and O–H groups in total. The monoisotopic (exact) mass is 1050 g/mol. The lowest BCUT2D eigenvalue weighted by molar-refractivity contribution is 0.0598. The predicted octanol–water partition coefficient (Wildman–Crippen LogP) is 11.9. The zero-order valence-electron chi connectivity index (χ0n) is 46.7. The van der Waals surface area contributed by atoms with Gasteiger partial charge < -0.3 is 48.4 Å². The molecule has 12 nitrogen and oxygen atoms in total. The van der Waals surface area contributed by atoms with E-state index in [9.17, 15) is 19.8 Å². The van der Waals surface area contributed by atoms with Gasteiger partial charge in [0, 0.05) is 63.1 Å². The van der Waals surface area contributed by atoms with Gasteiger partial charge in [0.2, 0.25) is 0 Å². The summed E-state index contributed by atoms with van der Waals surface area (Å²) in [4.78, 5) is 34.4. The van der Waals surface area contributed by atoms with Crippen molar-refractivity contribution in [3.05, 3.63) is 156 Å². The quantitative estimate of drug-likeness (QED) is 0.0983. The molecule has 3 fully saturated rings. The Bertz CT molecular complexity index is 3340. The molecule has 0 spiro atoms. The maximum absolute atomic E-state index is 13.3. The lowest BCUT2D eigenvalue weighted by Gasteiger charge is -2.33. The van der Waals surface area contributed by atoms with Gasteiger partial charge in [-0.1, -0.05) is 97.1 Å². The second kappa shape index (κ2) is 24.5. The number of rotatable bonds is 16. The van der Waals surface area contributed by atoms with Crippen molar-refractivity contribution in [2.75, 3.05) is 79.7 Å². The molecule has 0 radical (unpaired) electrons. The third-order valence-electron chi connectivity index (χ3n) is 16.4. The first-order valence-electron chi connectivity index (χ1n) is 28.6. The van der Waals surface area contributed by atoms with Crippen LogP contribution >= 0.6 is 0 Å². The number of aliphatic hydroxyl groups excluding tert-OH is 2. The van der Waals surface area contributed by atoms with Gasteiger partial charge in [0.1, 0.15) is 48.3 Å². The van der Waals surface area contributed by atoms with E-state index in [0.29, 0.717) is 36.4 Å². The Hall–Kier alpha value is -6.70. The molecule has 3 aliphatic heterocycles. The Morgan fingerprint density at radius 3 is 1.38 bits per heavy atom. The zero-order valence-corrected chi connectivity index (χ0v) is 46.7. The van der Waals surface area contributed by atoms with E-state index < -0.39 is 12.2 Å². The molecule has 6 aromatic carbocycles. The average molecular weight is 1050 g/mol. The number of likely N-dealkylation sites (tertiary alicyclic amines) is 3. The number of fused-ring (bicyclic) bond motifs is 4. The van der Waals surface area contributed by atoms with E-state index in [2.05, 4.69) is 138 Å². The normalized spacial score (nSPS) is 16.8. The molecule has 0 bridgehead atoms. The van der Waals surface area contributed by atoms with Gasteiger partial charge in [0.15, 0.2) is 0 Å². The lowest BCUT2D eigenvalue weighted by atomic mass is 9.88. The number of aliphatic hydroxyl groups is 2. The van der Waals surface area contributed by atoms with Crippen LogP contribution in [0.1, 0.15) is 122 Å². The fraction of sp³-hybridized carbons (Fsp3) is 0.424. The Morgan fingerprint density at radius 1 is 0.526 bits per heavy atom. The zero-order chi connectivity index (χ0) is 54.5. The minimum Gasteiger partial charge on any atom is -0.490 e. The molecule has 2 atom stereocenters. The van der Waals surface area contributed by atoms with Gasteiger partial charge in [0.05, 0.1) is 11.0 Å². The highest BCUT2D eigenvalue weighted by atomic mass is 16.5. The highest BCUT2D eigenvalue weighted by molar-refractivity contribution is 6.01. The third kappa shape index (κ3) is 12.3. The van der Waals surface area contributed by atoms with Crippen LogP contribution in [0.2, 0.25) is 0 Å². The smallest absolute Gasteiger partial charge is 0.270 e. The van der Waals surface area contributed by atoms with Gasteiger partial charge >= 0.3 is 0 Å². The minimum absolute atomic E-state index is 0.0343. The van der Waals surface area contributed by atoms with Crippen LogP contribution in [0.25, 0.3) is 43.4 Å². The molecule has 0 aliphatic carbocycles. The van der Waals surface area contributed by atoms with Crippen LogP contribution in [0.3, 0.4) is 0 Å². The standard InChI is InChI=1S/C34H41N3O3.C32H39N3O3/c1-24(2)37-31-10-7-11-33(30(31)21-32(37)34(39)36-16-5-6-17-36)40-23-29(38)22-35-18-14-26(15-19-35)28-13-12-25-8-3-4-9-27(25)20-28;1-22(2)35-29-10-7-11-31(28(29)19-30(35)32(37)33(3)4)38-21-27(36)20-34-16-14-24(15-17-34)26-13-12-23-8-5-6-9-25(23)18-26/h3-4,7-13,20-21,24,26,29,38H,5-6,14-19,22-23H2,1-2H3;5-13,18-19,22,24,27,36H,14-17,20-21H2,1-4H3/t29-;27-/m00/s1. The number of carbonyl (C=O) groups excluding carboxylic acids is 2. The Morgan fingerprint density at radius 2 is 0.949 bits per heavy atom. The fourth-order valence-corrected chi connectivity index (χ4v) is 12.3. The van der Waals surface area contributed by atoms with Crippen molar-refractivity contribution in [1.82, 2.24) is 28.7 Å². The molecule has 3 saturated heterocycles. The molecule has 78 heavy (non-hydrogen) atoms. The number of aromatic nitrogens is 2. The summed E-state index contributed by atoms with van der Waals surface area (Å²) >= 11 is 0. The molecule has 5 heterocycles. The molecule has 8 aromatic rings.